The predicted molar refractivity (Wildman–Crippen MR) is 133 cm³/mol. The van der Waals surface area contributed by atoms with E-state index in [2.05, 4.69) is 20.3 Å². The van der Waals surface area contributed by atoms with Gasteiger partial charge >= 0.3 is 6.18 Å². The van der Waals surface area contributed by atoms with E-state index in [1.807, 2.05) is 0 Å². The molecule has 1 aliphatic rings. The third-order valence-electron chi connectivity index (χ3n) is 6.31. The number of nitrogens with one attached hydrogen (secondary N) is 2. The van der Waals surface area contributed by atoms with Gasteiger partial charge in [0.25, 0.3) is 11.5 Å². The molecule has 38 heavy (non-hydrogen) atoms. The van der Waals surface area contributed by atoms with Crippen molar-refractivity contribution in [2.24, 2.45) is 5.41 Å². The maximum atomic E-state index is 13.5. The average Bonchev–Trinajstić information content (AvgIpc) is 2.86. The summed E-state index contributed by atoms with van der Waals surface area (Å²) in [7, 11) is 0. The average molecular weight is 532 g/mol. The molecule has 0 aliphatic carbocycles. The summed E-state index contributed by atoms with van der Waals surface area (Å²) in [5, 5.41) is 2.70. The highest BCUT2D eigenvalue weighted by Gasteiger charge is 2.38. The molecule has 2 N–H and O–H groups in total. The summed E-state index contributed by atoms with van der Waals surface area (Å²) in [5.74, 6) is -0.984. The Balaban J connectivity index is 1.41. The molecule has 1 fully saturated rings. The van der Waals surface area contributed by atoms with Gasteiger partial charge in [-0.1, -0.05) is 32.9 Å². The summed E-state index contributed by atoms with van der Waals surface area (Å²) >= 11 is 0. The van der Waals surface area contributed by atoms with Crippen molar-refractivity contribution >= 4 is 22.8 Å². The van der Waals surface area contributed by atoms with E-state index in [1.54, 1.807) is 49.9 Å². The molecule has 1 atom stereocenters. The molecule has 1 aliphatic heterocycles. The molecule has 202 valence electrons. The second-order valence-electron chi connectivity index (χ2n) is 10.2. The van der Waals surface area contributed by atoms with Gasteiger partial charge < -0.3 is 19.9 Å². The summed E-state index contributed by atoms with van der Waals surface area (Å²) in [6, 6.07) is 7.97. The lowest BCUT2D eigenvalue weighted by molar-refractivity contribution is -0.138. The second kappa shape index (κ2) is 10.4. The number of amides is 2. The van der Waals surface area contributed by atoms with Gasteiger partial charge in [-0.25, -0.2) is 9.97 Å². The van der Waals surface area contributed by atoms with Crippen LogP contribution in [0.5, 0.6) is 5.88 Å². The van der Waals surface area contributed by atoms with Crippen molar-refractivity contribution in [3.8, 4) is 5.88 Å². The molecule has 12 heteroatoms. The van der Waals surface area contributed by atoms with Crippen LogP contribution in [0.15, 0.2) is 47.4 Å². The number of alkyl halides is 3. The van der Waals surface area contributed by atoms with Crippen molar-refractivity contribution in [1.82, 2.24) is 25.2 Å². The van der Waals surface area contributed by atoms with Crippen LogP contribution in [-0.2, 0) is 11.0 Å². The number of benzene rings is 1. The van der Waals surface area contributed by atoms with Crippen LogP contribution in [0.1, 0.15) is 49.7 Å². The van der Waals surface area contributed by atoms with Crippen LogP contribution < -0.4 is 15.6 Å². The lowest BCUT2D eigenvalue weighted by Crippen LogP contribution is -2.57. The van der Waals surface area contributed by atoms with E-state index >= 15 is 0 Å². The van der Waals surface area contributed by atoms with E-state index in [0.717, 1.165) is 12.3 Å². The number of carbonyl (C=O) groups excluding carboxylic acids is 2. The van der Waals surface area contributed by atoms with E-state index < -0.39 is 34.7 Å². The number of hydrogen-bond acceptors (Lipinski definition) is 6. The van der Waals surface area contributed by atoms with E-state index in [-0.39, 0.29) is 23.6 Å². The Hall–Kier alpha value is -3.96. The first-order chi connectivity index (χ1) is 17.8. The number of likely N-dealkylation sites (tertiary alicyclic amines) is 1. The Morgan fingerprint density at radius 2 is 1.79 bits per heavy atom. The molecular weight excluding hydrogens is 503 g/mol. The van der Waals surface area contributed by atoms with Crippen molar-refractivity contribution in [1.29, 1.82) is 0 Å². The molecule has 0 unspecified atom stereocenters. The Morgan fingerprint density at radius 1 is 1.11 bits per heavy atom. The predicted octanol–water partition coefficient (Wildman–Crippen LogP) is 3.55. The summed E-state index contributed by atoms with van der Waals surface area (Å²) in [4.78, 5) is 51.1. The quantitative estimate of drug-likeness (QED) is 0.520. The van der Waals surface area contributed by atoms with Gasteiger partial charge in [0.05, 0.1) is 16.6 Å². The van der Waals surface area contributed by atoms with Crippen molar-refractivity contribution in [2.75, 3.05) is 13.1 Å². The second-order valence-corrected chi connectivity index (χ2v) is 10.2. The van der Waals surface area contributed by atoms with Crippen LogP contribution >= 0.6 is 0 Å². The third kappa shape index (κ3) is 6.12. The maximum absolute atomic E-state index is 13.5. The van der Waals surface area contributed by atoms with Gasteiger partial charge in [-0.3, -0.25) is 14.4 Å². The minimum atomic E-state index is -4.48. The summed E-state index contributed by atoms with van der Waals surface area (Å²) in [6.07, 6.45) is -3.21. The van der Waals surface area contributed by atoms with Crippen LogP contribution in [0, 0.1) is 5.41 Å². The number of aromatic nitrogens is 3. The summed E-state index contributed by atoms with van der Waals surface area (Å²) in [5.41, 5.74) is -1.58. The van der Waals surface area contributed by atoms with Crippen LogP contribution in [0.25, 0.3) is 11.0 Å². The number of carbonyl (C=O) groups is 2. The number of rotatable bonds is 5. The lowest BCUT2D eigenvalue weighted by Gasteiger charge is -2.38. The Labute approximate surface area is 216 Å². The van der Waals surface area contributed by atoms with Crippen molar-refractivity contribution in [2.45, 2.75) is 51.9 Å². The normalized spacial score (nSPS) is 15.8. The molecule has 3 aromatic rings. The molecule has 0 spiro atoms. The van der Waals surface area contributed by atoms with Crippen LogP contribution in [-0.4, -0.2) is 56.9 Å². The molecule has 1 aromatic carbocycles. The Kier molecular flexibility index (Phi) is 7.43. The number of H-pyrrole nitrogens is 1. The van der Waals surface area contributed by atoms with Crippen LogP contribution in [0.4, 0.5) is 13.2 Å². The zero-order chi connectivity index (χ0) is 27.7. The third-order valence-corrected chi connectivity index (χ3v) is 6.31. The number of nitrogens with zero attached hydrogens (tertiary/aromatic N) is 3. The minimum Gasteiger partial charge on any atom is -0.474 e. The molecular formula is C26H28F3N5O4. The minimum absolute atomic E-state index is 0.0794. The fourth-order valence-electron chi connectivity index (χ4n) is 4.20. The highest BCUT2D eigenvalue weighted by molar-refractivity contribution is 5.97. The molecule has 3 heterocycles. The highest BCUT2D eigenvalue weighted by Crippen LogP contribution is 2.30. The Morgan fingerprint density at radius 3 is 2.39 bits per heavy atom. The molecule has 4 rings (SSSR count). The molecule has 9 nitrogen and oxygen atoms in total. The number of pyridine rings is 1. The van der Waals surface area contributed by atoms with Gasteiger partial charge in [-0.05, 0) is 23.6 Å². The fraction of sp³-hybridized carbons (Fsp3) is 0.423. The van der Waals surface area contributed by atoms with Crippen molar-refractivity contribution < 1.29 is 27.5 Å². The van der Waals surface area contributed by atoms with E-state index in [4.69, 9.17) is 4.74 Å². The number of halogens is 3. The first-order valence-electron chi connectivity index (χ1n) is 12.1. The summed E-state index contributed by atoms with van der Waals surface area (Å²) < 4.78 is 43.9. The van der Waals surface area contributed by atoms with E-state index in [9.17, 15) is 27.6 Å². The van der Waals surface area contributed by atoms with Gasteiger partial charge in [-0.15, -0.1) is 0 Å². The molecule has 0 radical (unpaired) electrons. The molecule has 0 saturated carbocycles. The molecule has 2 aromatic heterocycles. The number of piperidine rings is 1. The largest absolute Gasteiger partial charge is 0.474 e. The van der Waals surface area contributed by atoms with Crippen LogP contribution in [0.2, 0.25) is 0 Å². The van der Waals surface area contributed by atoms with Gasteiger partial charge in [0.2, 0.25) is 11.8 Å². The lowest BCUT2D eigenvalue weighted by atomic mass is 9.85. The van der Waals surface area contributed by atoms with E-state index in [1.165, 1.54) is 6.07 Å². The SMILES string of the molecule is CC(C)(C)[C@H](NC(=O)c1nc2ccccc2[nH]c1=O)C(=O)N1CCC(Oc2ccc(C(F)(F)F)cn2)CC1. The zero-order valence-electron chi connectivity index (χ0n) is 21.1. The van der Waals surface area contributed by atoms with Crippen molar-refractivity contribution in [3.63, 3.8) is 0 Å². The number of hydrogen-bond donors (Lipinski definition) is 2. The first-order valence-corrected chi connectivity index (χ1v) is 12.1. The zero-order valence-corrected chi connectivity index (χ0v) is 21.1. The highest BCUT2D eigenvalue weighted by atomic mass is 19.4. The maximum Gasteiger partial charge on any atom is 0.417 e. The Bertz CT molecular complexity index is 1370. The van der Waals surface area contributed by atoms with Gasteiger partial charge in [0.15, 0.2) is 5.69 Å². The van der Waals surface area contributed by atoms with Gasteiger partial charge in [0, 0.05) is 38.2 Å². The fourth-order valence-corrected chi connectivity index (χ4v) is 4.20. The molecule has 2 amide bonds. The number of aromatic amines is 1. The monoisotopic (exact) mass is 531 g/mol. The van der Waals surface area contributed by atoms with Crippen molar-refractivity contribution in [3.05, 3.63) is 64.2 Å². The van der Waals surface area contributed by atoms with E-state index in [0.29, 0.717) is 37.0 Å². The smallest absolute Gasteiger partial charge is 0.417 e. The number of ether oxygens (including phenoxy) is 1. The van der Waals surface area contributed by atoms with Crippen LogP contribution in [0.3, 0.4) is 0 Å². The standard InChI is InChI=1S/C26H28F3N5O4/c1-25(2,3)21(33-23(36)20-22(35)32-18-7-5-4-6-17(18)31-20)24(37)34-12-10-16(11-13-34)38-19-9-8-15(14-30-19)26(27,28)29/h4-9,14,16,21H,10-13H2,1-3H3,(H,32,35)(H,33,36)/t21-/m1/s1. The van der Waals surface area contributed by atoms with Gasteiger partial charge in [0.1, 0.15) is 12.1 Å². The topological polar surface area (TPSA) is 117 Å². The molecule has 1 saturated heterocycles. The summed E-state index contributed by atoms with van der Waals surface area (Å²) in [6.45, 7) is 6.06. The number of para-hydroxylation sites is 2. The number of fused-ring (bicyclic) bond motifs is 1. The first kappa shape index (κ1) is 27.1. The molecule has 0 bridgehead atoms. The van der Waals surface area contributed by atoms with Gasteiger partial charge in [-0.2, -0.15) is 13.2 Å².